The molecule has 1 saturated carbocycles. The molecule has 94 valence electrons. The van der Waals surface area contributed by atoms with Crippen LogP contribution in [0.2, 0.25) is 0 Å². The molecule has 3 heteroatoms. The van der Waals surface area contributed by atoms with Crippen molar-refractivity contribution in [3.05, 3.63) is 29.8 Å². The molecule has 1 aliphatic rings. The molecule has 2 N–H and O–H groups in total. The average molecular weight is 235 g/mol. The van der Waals surface area contributed by atoms with Crippen LogP contribution in [-0.2, 0) is 6.42 Å². The molecule has 0 spiro atoms. The van der Waals surface area contributed by atoms with Gasteiger partial charge in [-0.1, -0.05) is 12.1 Å². The van der Waals surface area contributed by atoms with E-state index in [1.807, 2.05) is 12.1 Å². The lowest BCUT2D eigenvalue weighted by atomic mass is 10.1. The van der Waals surface area contributed by atoms with Crippen molar-refractivity contribution in [3.8, 4) is 5.75 Å². The van der Waals surface area contributed by atoms with E-state index in [1.165, 1.54) is 5.56 Å². The Balaban J connectivity index is 1.77. The van der Waals surface area contributed by atoms with Crippen molar-refractivity contribution in [1.82, 2.24) is 5.32 Å². The molecule has 0 heterocycles. The van der Waals surface area contributed by atoms with E-state index in [9.17, 15) is 5.11 Å². The molecular weight excluding hydrogens is 214 g/mol. The fraction of sp³-hybridized carbons (Fsp3) is 0.571. The summed E-state index contributed by atoms with van der Waals surface area (Å²) >= 11 is 0. The second-order valence-corrected chi connectivity index (χ2v) is 4.66. The molecule has 0 saturated heterocycles. The van der Waals surface area contributed by atoms with Gasteiger partial charge >= 0.3 is 0 Å². The average Bonchev–Trinajstić information content (AvgIpc) is 2.76. The lowest BCUT2D eigenvalue weighted by Crippen LogP contribution is -2.36. The number of hydrogen-bond acceptors (Lipinski definition) is 3. The minimum Gasteiger partial charge on any atom is -0.497 e. The predicted octanol–water partition coefficient (Wildman–Crippen LogP) is 1.74. The van der Waals surface area contributed by atoms with E-state index < -0.39 is 0 Å². The highest BCUT2D eigenvalue weighted by molar-refractivity contribution is 5.28. The van der Waals surface area contributed by atoms with Crippen LogP contribution in [0.4, 0.5) is 0 Å². The zero-order valence-corrected chi connectivity index (χ0v) is 10.4. The van der Waals surface area contributed by atoms with Crippen molar-refractivity contribution < 1.29 is 9.84 Å². The third-order valence-corrected chi connectivity index (χ3v) is 3.43. The van der Waals surface area contributed by atoms with Crippen LogP contribution in [0.1, 0.15) is 24.8 Å². The molecule has 2 rings (SSSR count). The van der Waals surface area contributed by atoms with Crippen LogP contribution in [0.5, 0.6) is 5.75 Å². The number of rotatable bonds is 5. The molecule has 1 aromatic rings. The third-order valence-electron chi connectivity index (χ3n) is 3.43. The van der Waals surface area contributed by atoms with Gasteiger partial charge in [-0.2, -0.15) is 0 Å². The quantitative estimate of drug-likeness (QED) is 0.817. The van der Waals surface area contributed by atoms with Crippen LogP contribution < -0.4 is 10.1 Å². The first-order valence-corrected chi connectivity index (χ1v) is 6.34. The fourth-order valence-electron chi connectivity index (χ4n) is 2.41. The van der Waals surface area contributed by atoms with Crippen LogP contribution in [-0.4, -0.2) is 30.9 Å². The molecule has 0 amide bonds. The van der Waals surface area contributed by atoms with Gasteiger partial charge in [-0.05, 0) is 49.9 Å². The lowest BCUT2D eigenvalue weighted by molar-refractivity contribution is 0.149. The Hall–Kier alpha value is -1.06. The van der Waals surface area contributed by atoms with Crippen LogP contribution in [0, 0.1) is 0 Å². The van der Waals surface area contributed by atoms with Crippen molar-refractivity contribution in [3.63, 3.8) is 0 Å². The Kier molecular flexibility index (Phi) is 4.40. The SMILES string of the molecule is COc1cccc(CCNC2CCCC2O)c1. The van der Waals surface area contributed by atoms with E-state index in [2.05, 4.69) is 17.4 Å². The maximum absolute atomic E-state index is 9.69. The van der Waals surface area contributed by atoms with Crippen LogP contribution in [0.25, 0.3) is 0 Å². The number of hydrogen-bond donors (Lipinski definition) is 2. The Morgan fingerprint density at radius 2 is 2.29 bits per heavy atom. The first-order chi connectivity index (χ1) is 8.29. The van der Waals surface area contributed by atoms with Crippen molar-refractivity contribution in [2.24, 2.45) is 0 Å². The first-order valence-electron chi connectivity index (χ1n) is 6.34. The van der Waals surface area contributed by atoms with Gasteiger partial charge in [0.05, 0.1) is 13.2 Å². The van der Waals surface area contributed by atoms with Crippen molar-refractivity contribution >= 4 is 0 Å². The number of benzene rings is 1. The molecule has 17 heavy (non-hydrogen) atoms. The van der Waals surface area contributed by atoms with E-state index >= 15 is 0 Å². The highest BCUT2D eigenvalue weighted by Gasteiger charge is 2.23. The Labute approximate surface area is 103 Å². The topological polar surface area (TPSA) is 41.5 Å². The molecule has 3 nitrogen and oxygen atoms in total. The summed E-state index contributed by atoms with van der Waals surface area (Å²) in [5.41, 5.74) is 1.27. The Bertz CT molecular complexity index is 354. The molecule has 2 unspecified atom stereocenters. The zero-order valence-electron chi connectivity index (χ0n) is 10.4. The number of nitrogens with one attached hydrogen (secondary N) is 1. The summed E-state index contributed by atoms with van der Waals surface area (Å²) in [7, 11) is 1.69. The van der Waals surface area contributed by atoms with Crippen LogP contribution in [0.3, 0.4) is 0 Å². The minimum absolute atomic E-state index is 0.152. The van der Waals surface area contributed by atoms with Crippen molar-refractivity contribution in [1.29, 1.82) is 0 Å². The van der Waals surface area contributed by atoms with Crippen LogP contribution >= 0.6 is 0 Å². The molecular formula is C14H21NO2. The van der Waals surface area contributed by atoms with Gasteiger partial charge in [0, 0.05) is 6.04 Å². The summed E-state index contributed by atoms with van der Waals surface area (Å²) < 4.78 is 5.19. The largest absolute Gasteiger partial charge is 0.497 e. The smallest absolute Gasteiger partial charge is 0.119 e. The van der Waals surface area contributed by atoms with Gasteiger partial charge in [0.2, 0.25) is 0 Å². The van der Waals surface area contributed by atoms with Gasteiger partial charge in [0.25, 0.3) is 0 Å². The molecule has 0 radical (unpaired) electrons. The molecule has 1 fully saturated rings. The zero-order chi connectivity index (χ0) is 12.1. The van der Waals surface area contributed by atoms with E-state index in [1.54, 1.807) is 7.11 Å². The Morgan fingerprint density at radius 3 is 3.00 bits per heavy atom. The summed E-state index contributed by atoms with van der Waals surface area (Å²) in [6.45, 7) is 0.912. The molecule has 0 aromatic heterocycles. The second-order valence-electron chi connectivity index (χ2n) is 4.66. The van der Waals surface area contributed by atoms with E-state index in [-0.39, 0.29) is 6.10 Å². The van der Waals surface area contributed by atoms with E-state index in [0.717, 1.165) is 38.0 Å². The predicted molar refractivity (Wildman–Crippen MR) is 68.3 cm³/mol. The van der Waals surface area contributed by atoms with Crippen molar-refractivity contribution in [2.75, 3.05) is 13.7 Å². The van der Waals surface area contributed by atoms with Gasteiger partial charge < -0.3 is 15.2 Å². The minimum atomic E-state index is -0.152. The van der Waals surface area contributed by atoms with Gasteiger partial charge in [0.15, 0.2) is 0 Å². The highest BCUT2D eigenvalue weighted by Crippen LogP contribution is 2.19. The lowest BCUT2D eigenvalue weighted by Gasteiger charge is -2.16. The van der Waals surface area contributed by atoms with Crippen LogP contribution in [0.15, 0.2) is 24.3 Å². The maximum Gasteiger partial charge on any atom is 0.119 e. The summed E-state index contributed by atoms with van der Waals surface area (Å²) in [5.74, 6) is 0.906. The summed E-state index contributed by atoms with van der Waals surface area (Å²) in [4.78, 5) is 0. The van der Waals surface area contributed by atoms with E-state index in [0.29, 0.717) is 6.04 Å². The molecule has 0 aliphatic heterocycles. The Morgan fingerprint density at radius 1 is 1.41 bits per heavy atom. The summed E-state index contributed by atoms with van der Waals surface area (Å²) in [5, 5.41) is 13.1. The summed E-state index contributed by atoms with van der Waals surface area (Å²) in [6, 6.07) is 8.43. The normalized spacial score (nSPS) is 23.9. The third kappa shape index (κ3) is 3.45. The molecule has 0 bridgehead atoms. The maximum atomic E-state index is 9.69. The monoisotopic (exact) mass is 235 g/mol. The fourth-order valence-corrected chi connectivity index (χ4v) is 2.41. The second kappa shape index (κ2) is 6.03. The number of ether oxygens (including phenoxy) is 1. The number of methoxy groups -OCH3 is 1. The number of aliphatic hydroxyl groups is 1. The van der Waals surface area contributed by atoms with Gasteiger partial charge in [-0.25, -0.2) is 0 Å². The van der Waals surface area contributed by atoms with Gasteiger partial charge in [-0.15, -0.1) is 0 Å². The highest BCUT2D eigenvalue weighted by atomic mass is 16.5. The molecule has 2 atom stereocenters. The summed E-state index contributed by atoms with van der Waals surface area (Å²) in [6.07, 6.45) is 3.99. The standard InChI is InChI=1S/C14H21NO2/c1-17-12-5-2-4-11(10-12)8-9-15-13-6-3-7-14(13)16/h2,4-5,10,13-16H,3,6-9H2,1H3. The molecule has 1 aromatic carbocycles. The van der Waals surface area contributed by atoms with Crippen molar-refractivity contribution in [2.45, 2.75) is 37.8 Å². The van der Waals surface area contributed by atoms with Gasteiger partial charge in [0.1, 0.15) is 5.75 Å². The molecule has 1 aliphatic carbocycles. The van der Waals surface area contributed by atoms with E-state index in [4.69, 9.17) is 4.74 Å². The van der Waals surface area contributed by atoms with Gasteiger partial charge in [-0.3, -0.25) is 0 Å². The first kappa shape index (κ1) is 12.4. The number of aliphatic hydroxyl groups excluding tert-OH is 1.